The minimum atomic E-state index is 1.34. The molecule has 0 N–H and O–H groups in total. The first-order valence-corrected chi connectivity index (χ1v) is 5.56. The fourth-order valence-electron chi connectivity index (χ4n) is 2.66. The van der Waals surface area contributed by atoms with Gasteiger partial charge in [-0.1, -0.05) is 48.5 Å². The molecule has 0 saturated heterocycles. The molecule has 16 heavy (non-hydrogen) atoms. The molecule has 0 fully saturated rings. The SMILES string of the molecule is c1ccc2c(c1)-c1cc-2c2ccccc2c1. The standard InChI is InChI=1S/C16H10/c1-2-6-13-11(5-1)9-12-10-16(13)15-8-4-3-7-14(12)15/h1-10H. The second-order valence-electron chi connectivity index (χ2n) is 4.29. The van der Waals surface area contributed by atoms with E-state index in [4.69, 9.17) is 0 Å². The van der Waals surface area contributed by atoms with Gasteiger partial charge in [0.25, 0.3) is 0 Å². The Bertz CT molecular complexity index is 708. The minimum Gasteiger partial charge on any atom is -0.0616 e. The Balaban J connectivity index is 2.24. The van der Waals surface area contributed by atoms with Crippen molar-refractivity contribution in [1.29, 1.82) is 0 Å². The number of rotatable bonds is 0. The average Bonchev–Trinajstić information content (AvgIpc) is 2.65. The van der Waals surface area contributed by atoms with Gasteiger partial charge in [-0.05, 0) is 45.2 Å². The molecule has 3 aromatic carbocycles. The van der Waals surface area contributed by atoms with Crippen LogP contribution in [0.5, 0.6) is 0 Å². The molecule has 0 radical (unpaired) electrons. The molecule has 1 aliphatic carbocycles. The zero-order valence-corrected chi connectivity index (χ0v) is 8.77. The third-order valence-electron chi connectivity index (χ3n) is 3.39. The summed E-state index contributed by atoms with van der Waals surface area (Å²) in [5, 5.41) is 2.70. The molecular formula is C16H10. The van der Waals surface area contributed by atoms with Crippen LogP contribution in [0.4, 0.5) is 0 Å². The van der Waals surface area contributed by atoms with Crippen LogP contribution in [0, 0.1) is 0 Å². The molecule has 0 saturated carbocycles. The molecule has 3 aromatic rings. The van der Waals surface area contributed by atoms with Crippen molar-refractivity contribution in [2.24, 2.45) is 0 Å². The smallest absolute Gasteiger partial charge is 0.00930 e. The molecule has 4 rings (SSSR count). The largest absolute Gasteiger partial charge is 0.0616 e. The van der Waals surface area contributed by atoms with Crippen LogP contribution in [0.15, 0.2) is 60.7 Å². The zero-order chi connectivity index (χ0) is 10.5. The summed E-state index contributed by atoms with van der Waals surface area (Å²) in [7, 11) is 0. The maximum Gasteiger partial charge on any atom is -0.00930 e. The normalized spacial score (nSPS) is 11.8. The topological polar surface area (TPSA) is 0 Å². The maximum absolute atomic E-state index is 2.30. The molecule has 0 spiro atoms. The Labute approximate surface area is 94.2 Å². The predicted octanol–water partition coefficient (Wildman–Crippen LogP) is 4.49. The van der Waals surface area contributed by atoms with E-state index in [-0.39, 0.29) is 0 Å². The van der Waals surface area contributed by atoms with Crippen molar-refractivity contribution in [3.05, 3.63) is 60.7 Å². The summed E-state index contributed by atoms with van der Waals surface area (Å²) in [6.07, 6.45) is 0. The van der Waals surface area contributed by atoms with E-state index >= 15 is 0 Å². The number of hydrogen-bond acceptors (Lipinski definition) is 0. The molecular weight excluding hydrogens is 192 g/mol. The van der Waals surface area contributed by atoms with Crippen molar-refractivity contribution < 1.29 is 0 Å². The molecule has 0 heterocycles. The number of benzene rings is 3. The van der Waals surface area contributed by atoms with E-state index in [9.17, 15) is 0 Å². The summed E-state index contributed by atoms with van der Waals surface area (Å²) in [6.45, 7) is 0. The molecule has 0 atom stereocenters. The molecule has 0 aromatic heterocycles. The highest BCUT2D eigenvalue weighted by molar-refractivity contribution is 6.07. The van der Waals surface area contributed by atoms with Crippen molar-refractivity contribution in [2.75, 3.05) is 0 Å². The lowest BCUT2D eigenvalue weighted by Gasteiger charge is -2.00. The van der Waals surface area contributed by atoms with Gasteiger partial charge in [0, 0.05) is 0 Å². The first kappa shape index (κ1) is 8.12. The minimum absolute atomic E-state index is 1.34. The highest BCUT2D eigenvalue weighted by Crippen LogP contribution is 2.44. The van der Waals surface area contributed by atoms with Crippen LogP contribution in [0.25, 0.3) is 33.0 Å². The summed E-state index contributed by atoms with van der Waals surface area (Å²) in [5.74, 6) is 0. The zero-order valence-electron chi connectivity index (χ0n) is 8.77. The van der Waals surface area contributed by atoms with Crippen LogP contribution in [0.2, 0.25) is 0 Å². The third-order valence-corrected chi connectivity index (χ3v) is 3.39. The van der Waals surface area contributed by atoms with E-state index in [1.807, 2.05) is 0 Å². The van der Waals surface area contributed by atoms with Crippen LogP contribution in [-0.4, -0.2) is 0 Å². The third kappa shape index (κ3) is 0.892. The number of fused-ring (bicyclic) bond motifs is 7. The van der Waals surface area contributed by atoms with Gasteiger partial charge in [0.2, 0.25) is 0 Å². The summed E-state index contributed by atoms with van der Waals surface area (Å²) >= 11 is 0. The van der Waals surface area contributed by atoms with Gasteiger partial charge in [-0.15, -0.1) is 0 Å². The molecule has 1 aliphatic rings. The Hall–Kier alpha value is -2.08. The van der Waals surface area contributed by atoms with Crippen LogP contribution in [-0.2, 0) is 0 Å². The predicted molar refractivity (Wildman–Crippen MR) is 68.4 cm³/mol. The van der Waals surface area contributed by atoms with Gasteiger partial charge in [0.15, 0.2) is 0 Å². The van der Waals surface area contributed by atoms with Crippen molar-refractivity contribution >= 4 is 10.8 Å². The van der Waals surface area contributed by atoms with E-state index in [0.717, 1.165) is 0 Å². The molecule has 74 valence electrons. The fourth-order valence-corrected chi connectivity index (χ4v) is 2.66. The van der Waals surface area contributed by atoms with Crippen LogP contribution < -0.4 is 0 Å². The van der Waals surface area contributed by atoms with Gasteiger partial charge < -0.3 is 0 Å². The van der Waals surface area contributed by atoms with Crippen molar-refractivity contribution in [2.45, 2.75) is 0 Å². The van der Waals surface area contributed by atoms with Gasteiger partial charge >= 0.3 is 0 Å². The second-order valence-corrected chi connectivity index (χ2v) is 4.29. The molecule has 0 heteroatoms. The van der Waals surface area contributed by atoms with Gasteiger partial charge in [0.05, 0.1) is 0 Å². The average molecular weight is 202 g/mol. The summed E-state index contributed by atoms with van der Waals surface area (Å²) in [5.41, 5.74) is 5.47. The Morgan fingerprint density at radius 1 is 0.562 bits per heavy atom. The molecule has 0 amide bonds. The second kappa shape index (κ2) is 2.73. The summed E-state index contributed by atoms with van der Waals surface area (Å²) in [4.78, 5) is 0. The molecule has 0 unspecified atom stereocenters. The lowest BCUT2D eigenvalue weighted by molar-refractivity contribution is 1.72. The van der Waals surface area contributed by atoms with Crippen LogP contribution in [0.1, 0.15) is 0 Å². The first-order chi connectivity index (χ1) is 7.93. The molecule has 0 nitrogen and oxygen atoms in total. The van der Waals surface area contributed by atoms with Gasteiger partial charge in [-0.3, -0.25) is 0 Å². The summed E-state index contributed by atoms with van der Waals surface area (Å²) < 4.78 is 0. The van der Waals surface area contributed by atoms with E-state index in [1.165, 1.54) is 33.0 Å². The molecule has 2 bridgehead atoms. The Morgan fingerprint density at radius 3 is 2.25 bits per heavy atom. The van der Waals surface area contributed by atoms with Crippen molar-refractivity contribution in [3.63, 3.8) is 0 Å². The molecule has 0 aliphatic heterocycles. The Morgan fingerprint density at radius 2 is 1.31 bits per heavy atom. The fraction of sp³-hybridized carbons (Fsp3) is 0. The van der Waals surface area contributed by atoms with Crippen LogP contribution in [0.3, 0.4) is 0 Å². The monoisotopic (exact) mass is 202 g/mol. The lowest BCUT2D eigenvalue weighted by atomic mass is 10.0. The van der Waals surface area contributed by atoms with Gasteiger partial charge in [-0.25, -0.2) is 0 Å². The van der Waals surface area contributed by atoms with E-state index in [2.05, 4.69) is 60.7 Å². The number of hydrogen-bond donors (Lipinski definition) is 0. The Kier molecular flexibility index (Phi) is 1.39. The van der Waals surface area contributed by atoms with Crippen molar-refractivity contribution in [1.82, 2.24) is 0 Å². The van der Waals surface area contributed by atoms with Crippen LogP contribution >= 0.6 is 0 Å². The summed E-state index contributed by atoms with van der Waals surface area (Å²) in [6, 6.07) is 21.8. The lowest BCUT2D eigenvalue weighted by Crippen LogP contribution is -1.74. The van der Waals surface area contributed by atoms with Gasteiger partial charge in [-0.2, -0.15) is 0 Å². The highest BCUT2D eigenvalue weighted by atomic mass is 14.2. The van der Waals surface area contributed by atoms with E-state index < -0.39 is 0 Å². The quantitative estimate of drug-likeness (QED) is 0.394. The van der Waals surface area contributed by atoms with E-state index in [0.29, 0.717) is 0 Å². The van der Waals surface area contributed by atoms with Gasteiger partial charge in [0.1, 0.15) is 0 Å². The van der Waals surface area contributed by atoms with Crippen molar-refractivity contribution in [3.8, 4) is 22.3 Å². The first-order valence-electron chi connectivity index (χ1n) is 5.56. The highest BCUT2D eigenvalue weighted by Gasteiger charge is 2.17. The van der Waals surface area contributed by atoms with E-state index in [1.54, 1.807) is 0 Å². The maximum atomic E-state index is 2.30.